The van der Waals surface area contributed by atoms with Crippen molar-refractivity contribution in [2.45, 2.75) is 6.92 Å². The largest absolute Gasteiger partial charge is 0.314 e. The van der Waals surface area contributed by atoms with Crippen LogP contribution in [0, 0.1) is 0 Å². The molecule has 1 aliphatic heterocycles. The molecule has 0 saturated carbocycles. The average Bonchev–Trinajstić information content (AvgIpc) is 2.25. The summed E-state index contributed by atoms with van der Waals surface area (Å²) in [5.41, 5.74) is 0. The fourth-order valence-corrected chi connectivity index (χ4v) is 1.62. The Balaban J connectivity index is 2.06. The van der Waals surface area contributed by atoms with Crippen LogP contribution in [-0.2, 0) is 0 Å². The number of piperazine rings is 1. The molecule has 14 heavy (non-hydrogen) atoms. The van der Waals surface area contributed by atoms with E-state index >= 15 is 0 Å². The molecule has 0 radical (unpaired) electrons. The van der Waals surface area contributed by atoms with Crippen molar-refractivity contribution >= 4 is 0 Å². The second kappa shape index (κ2) is 6.98. The molecular weight excluding hydrogens is 174 g/mol. The van der Waals surface area contributed by atoms with Crippen LogP contribution in [0.3, 0.4) is 0 Å². The summed E-state index contributed by atoms with van der Waals surface area (Å²) in [6.07, 6.45) is 4.32. The van der Waals surface area contributed by atoms with Crippen LogP contribution in [0.4, 0.5) is 0 Å². The Kier molecular flexibility index (Phi) is 5.83. The van der Waals surface area contributed by atoms with E-state index in [0.717, 1.165) is 19.6 Å². The van der Waals surface area contributed by atoms with Gasteiger partial charge in [0.15, 0.2) is 0 Å². The molecule has 1 aliphatic rings. The zero-order chi connectivity index (χ0) is 10.2. The molecule has 0 aromatic carbocycles. The number of nitrogens with zero attached hydrogens (tertiary/aromatic N) is 2. The van der Waals surface area contributed by atoms with Gasteiger partial charge < -0.3 is 10.2 Å². The smallest absolute Gasteiger partial charge is 0.0160 e. The van der Waals surface area contributed by atoms with Crippen molar-refractivity contribution in [3.8, 4) is 0 Å². The summed E-state index contributed by atoms with van der Waals surface area (Å²) in [6, 6.07) is 0. The van der Waals surface area contributed by atoms with E-state index in [1.807, 2.05) is 0 Å². The molecule has 82 valence electrons. The number of allylic oxidation sites excluding steroid dienone is 1. The van der Waals surface area contributed by atoms with Crippen LogP contribution in [0.25, 0.3) is 0 Å². The maximum Gasteiger partial charge on any atom is 0.0160 e. The second-order valence-corrected chi connectivity index (χ2v) is 3.92. The first-order valence-electron chi connectivity index (χ1n) is 5.55. The fourth-order valence-electron chi connectivity index (χ4n) is 1.62. The Morgan fingerprint density at radius 1 is 1.36 bits per heavy atom. The lowest BCUT2D eigenvalue weighted by molar-refractivity contribution is 0.211. The normalized spacial score (nSPS) is 19.6. The molecule has 0 aromatic rings. The van der Waals surface area contributed by atoms with Gasteiger partial charge in [0.25, 0.3) is 0 Å². The standard InChI is InChI=1S/C11H23N3/c1-3-4-7-13(2)10-11-14-8-5-12-6-9-14/h3-4,12H,5-11H2,1-2H3. The third kappa shape index (κ3) is 4.74. The molecule has 1 N–H and O–H groups in total. The van der Waals surface area contributed by atoms with Crippen LogP contribution in [0.1, 0.15) is 6.92 Å². The first-order valence-corrected chi connectivity index (χ1v) is 5.55. The van der Waals surface area contributed by atoms with Crippen LogP contribution in [0.5, 0.6) is 0 Å². The van der Waals surface area contributed by atoms with E-state index in [4.69, 9.17) is 0 Å². The minimum atomic E-state index is 1.07. The van der Waals surface area contributed by atoms with E-state index in [1.54, 1.807) is 0 Å². The second-order valence-electron chi connectivity index (χ2n) is 3.92. The van der Waals surface area contributed by atoms with Crippen LogP contribution < -0.4 is 5.32 Å². The summed E-state index contributed by atoms with van der Waals surface area (Å²) in [5, 5.41) is 3.37. The maximum absolute atomic E-state index is 3.37. The molecule has 0 bridgehead atoms. The van der Waals surface area contributed by atoms with Gasteiger partial charge in [-0.25, -0.2) is 0 Å². The third-order valence-electron chi connectivity index (χ3n) is 2.66. The third-order valence-corrected chi connectivity index (χ3v) is 2.66. The summed E-state index contributed by atoms with van der Waals surface area (Å²) < 4.78 is 0. The predicted octanol–water partition coefficient (Wildman–Crippen LogP) is 0.400. The highest BCUT2D eigenvalue weighted by Gasteiger charge is 2.09. The van der Waals surface area contributed by atoms with Gasteiger partial charge in [-0.05, 0) is 14.0 Å². The average molecular weight is 197 g/mol. The quantitative estimate of drug-likeness (QED) is 0.644. The van der Waals surface area contributed by atoms with Crippen molar-refractivity contribution in [1.29, 1.82) is 0 Å². The van der Waals surface area contributed by atoms with Gasteiger partial charge in [-0.3, -0.25) is 4.90 Å². The van der Waals surface area contributed by atoms with Gasteiger partial charge in [-0.15, -0.1) is 0 Å². The molecule has 0 amide bonds. The summed E-state index contributed by atoms with van der Waals surface area (Å²) in [6.45, 7) is 10.2. The van der Waals surface area contributed by atoms with Crippen LogP contribution in [-0.4, -0.2) is 62.7 Å². The highest BCUT2D eigenvalue weighted by atomic mass is 15.2. The Labute approximate surface area is 87.8 Å². The van der Waals surface area contributed by atoms with Gasteiger partial charge in [0.2, 0.25) is 0 Å². The Hall–Kier alpha value is -0.380. The van der Waals surface area contributed by atoms with Crippen LogP contribution >= 0.6 is 0 Å². The van der Waals surface area contributed by atoms with E-state index in [-0.39, 0.29) is 0 Å². The fraction of sp³-hybridized carbons (Fsp3) is 0.818. The molecule has 0 atom stereocenters. The Morgan fingerprint density at radius 3 is 2.71 bits per heavy atom. The van der Waals surface area contributed by atoms with Crippen molar-refractivity contribution in [2.24, 2.45) is 0 Å². The Bertz CT molecular complexity index is 162. The molecule has 0 unspecified atom stereocenters. The number of hydrogen-bond donors (Lipinski definition) is 1. The summed E-state index contributed by atoms with van der Waals surface area (Å²) in [7, 11) is 2.18. The van der Waals surface area contributed by atoms with Gasteiger partial charge in [-0.2, -0.15) is 0 Å². The van der Waals surface area contributed by atoms with Crippen LogP contribution in [0.15, 0.2) is 12.2 Å². The molecule has 1 heterocycles. The van der Waals surface area contributed by atoms with Crippen molar-refractivity contribution in [3.63, 3.8) is 0 Å². The van der Waals surface area contributed by atoms with Gasteiger partial charge in [0, 0.05) is 45.8 Å². The summed E-state index contributed by atoms with van der Waals surface area (Å²) >= 11 is 0. The topological polar surface area (TPSA) is 18.5 Å². The van der Waals surface area contributed by atoms with Crippen molar-refractivity contribution < 1.29 is 0 Å². The number of likely N-dealkylation sites (N-methyl/N-ethyl adjacent to an activating group) is 1. The SMILES string of the molecule is CC=CCN(C)CCN1CCNCC1. The summed E-state index contributed by atoms with van der Waals surface area (Å²) in [4.78, 5) is 4.89. The predicted molar refractivity (Wildman–Crippen MR) is 61.6 cm³/mol. The lowest BCUT2D eigenvalue weighted by atomic mass is 10.3. The molecule has 1 saturated heterocycles. The molecule has 3 nitrogen and oxygen atoms in total. The van der Waals surface area contributed by atoms with E-state index < -0.39 is 0 Å². The van der Waals surface area contributed by atoms with Gasteiger partial charge in [0.05, 0.1) is 0 Å². The van der Waals surface area contributed by atoms with E-state index in [2.05, 4.69) is 41.2 Å². The highest BCUT2D eigenvalue weighted by Crippen LogP contribution is 1.93. The van der Waals surface area contributed by atoms with Gasteiger partial charge in [0.1, 0.15) is 0 Å². The number of nitrogens with one attached hydrogen (secondary N) is 1. The molecule has 0 spiro atoms. The number of rotatable bonds is 5. The zero-order valence-corrected chi connectivity index (χ0v) is 9.50. The lowest BCUT2D eigenvalue weighted by Crippen LogP contribution is -2.45. The maximum atomic E-state index is 3.37. The van der Waals surface area contributed by atoms with Crippen LogP contribution in [0.2, 0.25) is 0 Å². The minimum Gasteiger partial charge on any atom is -0.314 e. The van der Waals surface area contributed by atoms with E-state index in [9.17, 15) is 0 Å². The highest BCUT2D eigenvalue weighted by molar-refractivity contribution is 4.80. The van der Waals surface area contributed by atoms with E-state index in [1.165, 1.54) is 26.2 Å². The molecular formula is C11H23N3. The van der Waals surface area contributed by atoms with Crippen molar-refractivity contribution in [2.75, 3.05) is 52.9 Å². The van der Waals surface area contributed by atoms with E-state index in [0.29, 0.717) is 0 Å². The van der Waals surface area contributed by atoms with Gasteiger partial charge >= 0.3 is 0 Å². The first kappa shape index (κ1) is 11.7. The minimum absolute atomic E-state index is 1.07. The van der Waals surface area contributed by atoms with Crippen molar-refractivity contribution in [1.82, 2.24) is 15.1 Å². The summed E-state index contributed by atoms with van der Waals surface area (Å²) in [5.74, 6) is 0. The lowest BCUT2D eigenvalue weighted by Gasteiger charge is -2.28. The Morgan fingerprint density at radius 2 is 2.07 bits per heavy atom. The molecule has 3 heteroatoms. The molecule has 0 aliphatic carbocycles. The zero-order valence-electron chi connectivity index (χ0n) is 9.50. The molecule has 1 rings (SSSR count). The number of hydrogen-bond acceptors (Lipinski definition) is 3. The first-order chi connectivity index (χ1) is 6.83. The molecule has 0 aromatic heterocycles. The molecule has 1 fully saturated rings. The van der Waals surface area contributed by atoms with Gasteiger partial charge in [-0.1, -0.05) is 12.2 Å². The monoisotopic (exact) mass is 197 g/mol. The van der Waals surface area contributed by atoms with Crippen molar-refractivity contribution in [3.05, 3.63) is 12.2 Å².